The number of nitrogens with one attached hydrogen (secondary N) is 1. The fraction of sp³-hybridized carbons (Fsp3) is 0.375. The number of rotatable bonds is 7. The molecule has 5 heteroatoms. The van der Waals surface area contributed by atoms with Crippen molar-refractivity contribution in [1.29, 1.82) is 0 Å². The summed E-state index contributed by atoms with van der Waals surface area (Å²) in [5.41, 5.74) is 1.11. The summed E-state index contributed by atoms with van der Waals surface area (Å²) in [6.45, 7) is 2.92. The minimum absolute atomic E-state index is 0.475. The summed E-state index contributed by atoms with van der Waals surface area (Å²) in [7, 11) is 3.26. The molecule has 2 aromatic rings. The SMILES string of the molecule is COc1cc(CNCC(C)(O)c2ccsc2)cc(OC)c1. The third-order valence-electron chi connectivity index (χ3n) is 3.35. The molecule has 1 unspecified atom stereocenters. The molecule has 0 bridgehead atoms. The maximum absolute atomic E-state index is 10.4. The minimum Gasteiger partial charge on any atom is -0.497 e. The molecule has 0 spiro atoms. The van der Waals surface area contributed by atoms with Gasteiger partial charge in [-0.2, -0.15) is 11.3 Å². The number of thiophene rings is 1. The van der Waals surface area contributed by atoms with Crippen molar-refractivity contribution >= 4 is 11.3 Å². The third-order valence-corrected chi connectivity index (χ3v) is 4.04. The van der Waals surface area contributed by atoms with Gasteiger partial charge in [0, 0.05) is 19.2 Å². The first-order valence-electron chi connectivity index (χ1n) is 6.73. The Labute approximate surface area is 129 Å². The molecule has 0 amide bonds. The minimum atomic E-state index is -0.872. The van der Waals surface area contributed by atoms with Crippen LogP contribution >= 0.6 is 11.3 Å². The van der Waals surface area contributed by atoms with Gasteiger partial charge in [0.2, 0.25) is 0 Å². The van der Waals surface area contributed by atoms with Crippen molar-refractivity contribution in [3.05, 3.63) is 46.2 Å². The highest BCUT2D eigenvalue weighted by atomic mass is 32.1. The predicted octanol–water partition coefficient (Wildman–Crippen LogP) is 2.76. The number of hydrogen-bond acceptors (Lipinski definition) is 5. The van der Waals surface area contributed by atoms with Crippen LogP contribution in [0.2, 0.25) is 0 Å². The van der Waals surface area contributed by atoms with E-state index in [1.165, 1.54) is 0 Å². The Morgan fingerprint density at radius 2 is 1.86 bits per heavy atom. The lowest BCUT2D eigenvalue weighted by atomic mass is 9.99. The standard InChI is InChI=1S/C16H21NO3S/c1-16(18,13-4-5-21-10-13)11-17-9-12-6-14(19-2)8-15(7-12)20-3/h4-8,10,17-18H,9,11H2,1-3H3. The molecule has 21 heavy (non-hydrogen) atoms. The van der Waals surface area contributed by atoms with Gasteiger partial charge in [-0.05, 0) is 47.0 Å². The zero-order valence-electron chi connectivity index (χ0n) is 12.6. The topological polar surface area (TPSA) is 50.7 Å². The molecule has 2 N–H and O–H groups in total. The summed E-state index contributed by atoms with van der Waals surface area (Å²) < 4.78 is 10.5. The molecule has 0 radical (unpaired) electrons. The third kappa shape index (κ3) is 4.20. The molecule has 0 fully saturated rings. The molecule has 0 saturated carbocycles. The number of aliphatic hydroxyl groups is 1. The van der Waals surface area contributed by atoms with Crippen LogP contribution in [0.25, 0.3) is 0 Å². The van der Waals surface area contributed by atoms with E-state index in [4.69, 9.17) is 9.47 Å². The van der Waals surface area contributed by atoms with Gasteiger partial charge in [0.15, 0.2) is 0 Å². The van der Waals surface area contributed by atoms with Gasteiger partial charge in [0.1, 0.15) is 11.5 Å². The van der Waals surface area contributed by atoms with Crippen LogP contribution in [-0.4, -0.2) is 25.9 Å². The molecule has 0 saturated heterocycles. The lowest BCUT2D eigenvalue weighted by Crippen LogP contribution is -2.34. The Kier molecular flexibility index (Phi) is 5.22. The van der Waals surface area contributed by atoms with E-state index in [1.807, 2.05) is 41.9 Å². The number of benzene rings is 1. The number of hydrogen-bond donors (Lipinski definition) is 2. The highest BCUT2D eigenvalue weighted by Crippen LogP contribution is 2.24. The Bertz CT molecular complexity index is 545. The normalized spacial score (nSPS) is 13.7. The molecule has 1 aromatic heterocycles. The smallest absolute Gasteiger partial charge is 0.122 e. The van der Waals surface area contributed by atoms with Crippen molar-refractivity contribution in [3.8, 4) is 11.5 Å². The molecule has 0 aliphatic heterocycles. The Balaban J connectivity index is 1.97. The first-order valence-corrected chi connectivity index (χ1v) is 7.67. The van der Waals surface area contributed by atoms with E-state index in [0.717, 1.165) is 22.6 Å². The molecule has 0 aliphatic rings. The van der Waals surface area contributed by atoms with E-state index < -0.39 is 5.60 Å². The molecule has 0 aliphatic carbocycles. The second kappa shape index (κ2) is 6.93. The molecule has 1 atom stereocenters. The highest BCUT2D eigenvalue weighted by Gasteiger charge is 2.22. The van der Waals surface area contributed by atoms with Crippen molar-refractivity contribution < 1.29 is 14.6 Å². The molecular weight excluding hydrogens is 286 g/mol. The second-order valence-electron chi connectivity index (χ2n) is 5.11. The van der Waals surface area contributed by atoms with Crippen molar-refractivity contribution in [3.63, 3.8) is 0 Å². The van der Waals surface area contributed by atoms with Gasteiger partial charge in [-0.15, -0.1) is 0 Å². The average molecular weight is 307 g/mol. The first kappa shape index (κ1) is 15.8. The summed E-state index contributed by atoms with van der Waals surface area (Å²) in [6, 6.07) is 7.69. The molecule has 114 valence electrons. The number of ether oxygens (including phenoxy) is 2. The summed E-state index contributed by atoms with van der Waals surface area (Å²) >= 11 is 1.59. The fourth-order valence-electron chi connectivity index (χ4n) is 2.09. The lowest BCUT2D eigenvalue weighted by molar-refractivity contribution is 0.0571. The van der Waals surface area contributed by atoms with Crippen LogP contribution in [0.1, 0.15) is 18.1 Å². The molecule has 1 aromatic carbocycles. The molecule has 1 heterocycles. The van der Waals surface area contributed by atoms with Crippen LogP contribution in [0.5, 0.6) is 11.5 Å². The fourth-order valence-corrected chi connectivity index (χ4v) is 2.87. The maximum Gasteiger partial charge on any atom is 0.122 e. The van der Waals surface area contributed by atoms with Gasteiger partial charge in [0.05, 0.1) is 19.8 Å². The molecular formula is C16H21NO3S. The Hall–Kier alpha value is -1.56. The van der Waals surface area contributed by atoms with Crippen LogP contribution in [-0.2, 0) is 12.1 Å². The van der Waals surface area contributed by atoms with Crippen LogP contribution in [0.15, 0.2) is 35.0 Å². The first-order chi connectivity index (χ1) is 10.0. The van der Waals surface area contributed by atoms with Crippen LogP contribution < -0.4 is 14.8 Å². The van der Waals surface area contributed by atoms with Crippen molar-refractivity contribution in [2.75, 3.05) is 20.8 Å². The number of methoxy groups -OCH3 is 2. The Morgan fingerprint density at radius 1 is 1.19 bits per heavy atom. The van der Waals surface area contributed by atoms with E-state index >= 15 is 0 Å². The summed E-state index contributed by atoms with van der Waals surface area (Å²) in [6.07, 6.45) is 0. The van der Waals surface area contributed by atoms with E-state index in [9.17, 15) is 5.11 Å². The van der Waals surface area contributed by atoms with Crippen molar-refractivity contribution in [2.45, 2.75) is 19.1 Å². The van der Waals surface area contributed by atoms with E-state index in [0.29, 0.717) is 13.1 Å². The van der Waals surface area contributed by atoms with Gasteiger partial charge in [-0.3, -0.25) is 0 Å². The zero-order chi connectivity index (χ0) is 15.3. The van der Waals surface area contributed by atoms with Crippen LogP contribution in [0, 0.1) is 0 Å². The molecule has 4 nitrogen and oxygen atoms in total. The summed E-state index contributed by atoms with van der Waals surface area (Å²) in [5, 5.41) is 17.7. The highest BCUT2D eigenvalue weighted by molar-refractivity contribution is 7.08. The van der Waals surface area contributed by atoms with E-state index in [-0.39, 0.29) is 0 Å². The second-order valence-corrected chi connectivity index (χ2v) is 5.89. The van der Waals surface area contributed by atoms with E-state index in [1.54, 1.807) is 25.6 Å². The van der Waals surface area contributed by atoms with Gasteiger partial charge in [-0.25, -0.2) is 0 Å². The van der Waals surface area contributed by atoms with Gasteiger partial charge >= 0.3 is 0 Å². The average Bonchev–Trinajstić information content (AvgIpc) is 3.01. The van der Waals surface area contributed by atoms with Crippen LogP contribution in [0.4, 0.5) is 0 Å². The lowest BCUT2D eigenvalue weighted by Gasteiger charge is -2.23. The molecule has 2 rings (SSSR count). The summed E-state index contributed by atoms with van der Waals surface area (Å²) in [4.78, 5) is 0. The summed E-state index contributed by atoms with van der Waals surface area (Å²) in [5.74, 6) is 1.52. The maximum atomic E-state index is 10.4. The van der Waals surface area contributed by atoms with Gasteiger partial charge in [-0.1, -0.05) is 0 Å². The van der Waals surface area contributed by atoms with Crippen molar-refractivity contribution in [1.82, 2.24) is 5.32 Å². The zero-order valence-corrected chi connectivity index (χ0v) is 13.4. The quantitative estimate of drug-likeness (QED) is 0.826. The van der Waals surface area contributed by atoms with Crippen molar-refractivity contribution in [2.24, 2.45) is 0 Å². The largest absolute Gasteiger partial charge is 0.497 e. The monoisotopic (exact) mass is 307 g/mol. The van der Waals surface area contributed by atoms with Gasteiger partial charge < -0.3 is 19.9 Å². The predicted molar refractivity (Wildman–Crippen MR) is 85.1 cm³/mol. The van der Waals surface area contributed by atoms with Gasteiger partial charge in [0.25, 0.3) is 0 Å². The Morgan fingerprint density at radius 3 is 2.38 bits per heavy atom. The van der Waals surface area contributed by atoms with Crippen LogP contribution in [0.3, 0.4) is 0 Å². The van der Waals surface area contributed by atoms with E-state index in [2.05, 4.69) is 5.32 Å².